The first kappa shape index (κ1) is 20.9. The predicted molar refractivity (Wildman–Crippen MR) is 105 cm³/mol. The van der Waals surface area contributed by atoms with Crippen LogP contribution in [0.25, 0.3) is 10.8 Å². The van der Waals surface area contributed by atoms with Crippen LogP contribution in [0.1, 0.15) is 24.3 Å². The minimum absolute atomic E-state index is 0.146. The second-order valence-electron chi connectivity index (χ2n) is 6.77. The van der Waals surface area contributed by atoms with E-state index in [0.717, 1.165) is 16.5 Å². The smallest absolute Gasteiger partial charge is 0.407 e. The molecule has 156 valence electrons. The molecule has 3 rings (SSSR count). The molecule has 1 aliphatic heterocycles. The van der Waals surface area contributed by atoms with E-state index in [1.165, 1.54) is 5.56 Å². The van der Waals surface area contributed by atoms with Gasteiger partial charge in [-0.1, -0.05) is 24.3 Å². The zero-order chi connectivity index (χ0) is 20.6. The van der Waals surface area contributed by atoms with Gasteiger partial charge < -0.3 is 29.4 Å². The Bertz CT molecular complexity index is 846. The Kier molecular flexibility index (Phi) is 7.26. The molecule has 0 aliphatic carbocycles. The molecule has 0 saturated carbocycles. The van der Waals surface area contributed by atoms with E-state index in [1.807, 2.05) is 18.2 Å². The van der Waals surface area contributed by atoms with Crippen molar-refractivity contribution in [3.8, 4) is 5.75 Å². The summed E-state index contributed by atoms with van der Waals surface area (Å²) in [6, 6.07) is 12.2. The van der Waals surface area contributed by atoms with Crippen molar-refractivity contribution < 1.29 is 33.6 Å². The van der Waals surface area contributed by atoms with E-state index >= 15 is 0 Å². The lowest BCUT2D eigenvalue weighted by Crippen LogP contribution is -2.32. The van der Waals surface area contributed by atoms with Gasteiger partial charge in [0.25, 0.3) is 0 Å². The van der Waals surface area contributed by atoms with Gasteiger partial charge >= 0.3 is 12.1 Å². The van der Waals surface area contributed by atoms with Crippen molar-refractivity contribution in [2.45, 2.75) is 25.0 Å². The third-order valence-corrected chi connectivity index (χ3v) is 4.74. The van der Waals surface area contributed by atoms with Gasteiger partial charge in [0.1, 0.15) is 5.75 Å². The van der Waals surface area contributed by atoms with Gasteiger partial charge in [-0.15, -0.1) is 0 Å². The van der Waals surface area contributed by atoms with Crippen LogP contribution in [0.15, 0.2) is 36.4 Å². The largest absolute Gasteiger partial charge is 0.497 e. The van der Waals surface area contributed by atoms with Crippen LogP contribution >= 0.6 is 0 Å². The van der Waals surface area contributed by atoms with Crippen molar-refractivity contribution in [3.63, 3.8) is 0 Å². The fourth-order valence-corrected chi connectivity index (χ4v) is 3.30. The topological polar surface area (TPSA) is 103 Å². The highest BCUT2D eigenvalue weighted by Crippen LogP contribution is 2.31. The molecule has 8 heteroatoms. The molecule has 0 spiro atoms. The molecule has 2 aromatic rings. The summed E-state index contributed by atoms with van der Waals surface area (Å²) in [5.74, 6) is -0.220. The van der Waals surface area contributed by atoms with Gasteiger partial charge in [-0.3, -0.25) is 0 Å². The number of methoxy groups -OCH3 is 1. The van der Waals surface area contributed by atoms with E-state index in [1.54, 1.807) is 7.11 Å². The summed E-state index contributed by atoms with van der Waals surface area (Å²) in [7, 11) is 1.66. The predicted octanol–water partition coefficient (Wildman–Crippen LogP) is 2.90. The van der Waals surface area contributed by atoms with Gasteiger partial charge in [0.15, 0.2) is 12.9 Å². The van der Waals surface area contributed by atoms with Crippen LogP contribution in [0.5, 0.6) is 5.75 Å². The number of carboxylic acid groups (broad SMARTS) is 1. The first-order chi connectivity index (χ1) is 14.1. The molecule has 1 heterocycles. The van der Waals surface area contributed by atoms with Crippen molar-refractivity contribution >= 4 is 22.8 Å². The number of carboxylic acids is 1. The molecule has 2 N–H and O–H groups in total. The number of carbonyl (C=O) groups excluding carboxylic acids is 1. The van der Waals surface area contributed by atoms with Crippen molar-refractivity contribution in [1.82, 2.24) is 5.32 Å². The number of nitrogens with one attached hydrogen (secondary N) is 1. The van der Waals surface area contributed by atoms with Crippen molar-refractivity contribution in [3.05, 3.63) is 42.0 Å². The molecule has 1 saturated heterocycles. The number of hydrogen-bond acceptors (Lipinski definition) is 6. The molecular formula is C21H25NO7. The number of fused-ring (bicyclic) bond motifs is 1. The quantitative estimate of drug-likeness (QED) is 0.653. The number of benzene rings is 2. The lowest BCUT2D eigenvalue weighted by molar-refractivity contribution is -0.189. The Morgan fingerprint density at radius 1 is 1.21 bits per heavy atom. The van der Waals surface area contributed by atoms with Gasteiger partial charge in [-0.05, 0) is 34.9 Å². The highest BCUT2D eigenvalue weighted by molar-refractivity contribution is 5.87. The van der Waals surface area contributed by atoms with Crippen LogP contribution in [-0.2, 0) is 19.0 Å². The summed E-state index contributed by atoms with van der Waals surface area (Å²) in [6.45, 7) is 0.826. The molecule has 29 heavy (non-hydrogen) atoms. The fraction of sp³-hybridized carbons (Fsp3) is 0.429. The van der Waals surface area contributed by atoms with Crippen molar-refractivity contribution in [2.24, 2.45) is 0 Å². The second kappa shape index (κ2) is 10.1. The normalized spacial score (nSPS) is 18.9. The Labute approximate surface area is 168 Å². The van der Waals surface area contributed by atoms with Gasteiger partial charge in [0.2, 0.25) is 0 Å². The van der Waals surface area contributed by atoms with Gasteiger partial charge in [-0.25, -0.2) is 9.59 Å². The highest BCUT2D eigenvalue weighted by Gasteiger charge is 2.24. The van der Waals surface area contributed by atoms with Crippen LogP contribution in [0.2, 0.25) is 0 Å². The fourth-order valence-electron chi connectivity index (χ4n) is 3.30. The number of alkyl carbamates (subject to hydrolysis) is 1. The van der Waals surface area contributed by atoms with E-state index in [0.29, 0.717) is 32.6 Å². The number of aliphatic carboxylic acids is 1. The third kappa shape index (κ3) is 5.82. The summed E-state index contributed by atoms with van der Waals surface area (Å²) in [4.78, 5) is 21.6. The highest BCUT2D eigenvalue weighted by atomic mass is 16.7. The summed E-state index contributed by atoms with van der Waals surface area (Å²) < 4.78 is 21.5. The summed E-state index contributed by atoms with van der Waals surface area (Å²) in [6.07, 6.45) is 0.188. The van der Waals surface area contributed by atoms with E-state index in [-0.39, 0.29) is 12.2 Å². The maximum atomic E-state index is 11.3. The zero-order valence-electron chi connectivity index (χ0n) is 16.3. The summed E-state index contributed by atoms with van der Waals surface area (Å²) in [5, 5.41) is 13.2. The van der Waals surface area contributed by atoms with Crippen LogP contribution in [0.3, 0.4) is 0 Å². The molecule has 1 fully saturated rings. The lowest BCUT2D eigenvalue weighted by atomic mass is 9.94. The average molecular weight is 403 g/mol. The molecular weight excluding hydrogens is 378 g/mol. The van der Waals surface area contributed by atoms with Crippen molar-refractivity contribution in [1.29, 1.82) is 0 Å². The summed E-state index contributed by atoms with van der Waals surface area (Å²) in [5.41, 5.74) is 1.19. The number of hydrogen-bond donors (Lipinski definition) is 2. The van der Waals surface area contributed by atoms with Crippen LogP contribution in [0.4, 0.5) is 4.79 Å². The molecule has 0 radical (unpaired) electrons. The number of rotatable bonds is 8. The molecule has 0 bridgehead atoms. The number of carbonyl (C=O) groups is 2. The molecule has 2 aromatic carbocycles. The summed E-state index contributed by atoms with van der Waals surface area (Å²) >= 11 is 0. The average Bonchev–Trinajstić information content (AvgIpc) is 2.75. The SMILES string of the molecule is COc1ccc2c(C3COC(CCCNC(=O)OCC(=O)O)OC3)cccc2c1. The minimum atomic E-state index is -1.19. The van der Waals surface area contributed by atoms with Crippen LogP contribution in [0, 0.1) is 0 Å². The maximum absolute atomic E-state index is 11.3. The monoisotopic (exact) mass is 403 g/mol. The molecule has 0 aromatic heterocycles. The van der Waals surface area contributed by atoms with E-state index in [4.69, 9.17) is 19.3 Å². The molecule has 8 nitrogen and oxygen atoms in total. The standard InChI is InChI=1S/C21H25NO7/c1-26-16-7-8-18-14(10-16)4-2-5-17(18)15-11-27-20(28-12-15)6-3-9-22-21(25)29-13-19(23)24/h2,4-5,7-8,10,15,20H,3,6,9,11-13H2,1H3,(H,22,25)(H,23,24). The Hall–Kier alpha value is -2.84. The van der Waals surface area contributed by atoms with Gasteiger partial charge in [-0.2, -0.15) is 0 Å². The Morgan fingerprint density at radius 2 is 2.00 bits per heavy atom. The van der Waals surface area contributed by atoms with Gasteiger partial charge in [0, 0.05) is 18.9 Å². The molecule has 0 atom stereocenters. The Balaban J connectivity index is 1.44. The lowest BCUT2D eigenvalue weighted by Gasteiger charge is -2.30. The van der Waals surface area contributed by atoms with E-state index in [9.17, 15) is 9.59 Å². The number of amides is 1. The number of ether oxygens (including phenoxy) is 4. The van der Waals surface area contributed by atoms with Crippen molar-refractivity contribution in [2.75, 3.05) is 33.5 Å². The Morgan fingerprint density at radius 3 is 2.72 bits per heavy atom. The minimum Gasteiger partial charge on any atom is -0.497 e. The van der Waals surface area contributed by atoms with E-state index < -0.39 is 18.7 Å². The van der Waals surface area contributed by atoms with Crippen LogP contribution < -0.4 is 10.1 Å². The van der Waals surface area contributed by atoms with Crippen LogP contribution in [-0.4, -0.2) is 56.9 Å². The maximum Gasteiger partial charge on any atom is 0.407 e. The second-order valence-corrected chi connectivity index (χ2v) is 6.77. The third-order valence-electron chi connectivity index (χ3n) is 4.74. The van der Waals surface area contributed by atoms with E-state index in [2.05, 4.69) is 28.3 Å². The zero-order valence-corrected chi connectivity index (χ0v) is 16.3. The molecule has 0 unspecified atom stereocenters. The van der Waals surface area contributed by atoms with Gasteiger partial charge in [0.05, 0.1) is 20.3 Å². The molecule has 1 aliphatic rings. The first-order valence-corrected chi connectivity index (χ1v) is 9.49. The molecule has 1 amide bonds. The first-order valence-electron chi connectivity index (χ1n) is 9.49.